The molecule has 2 atom stereocenters. The Hall–Kier alpha value is -1.38. The molecule has 2 heteroatoms. The Morgan fingerprint density at radius 2 is 1.50 bits per heavy atom. The average Bonchev–Trinajstić information content (AvgIpc) is 2.98. The van der Waals surface area contributed by atoms with Crippen molar-refractivity contribution in [2.75, 3.05) is 13.1 Å². The average molecular weight is 267 g/mol. The summed E-state index contributed by atoms with van der Waals surface area (Å²) in [6.07, 6.45) is 4.17. The molecule has 104 valence electrons. The smallest absolute Gasteiger partial charge is 0.0738 e. The minimum absolute atomic E-state index is 0.207. The van der Waals surface area contributed by atoms with Crippen LogP contribution in [0.2, 0.25) is 0 Å². The molecule has 2 aromatic carbocycles. The Morgan fingerprint density at radius 1 is 0.900 bits per heavy atom. The van der Waals surface area contributed by atoms with Gasteiger partial charge in [0, 0.05) is 12.5 Å². The van der Waals surface area contributed by atoms with Crippen molar-refractivity contribution >= 4 is 10.8 Å². The zero-order chi connectivity index (χ0) is 13.5. The number of rotatable bonds is 1. The summed E-state index contributed by atoms with van der Waals surface area (Å²) in [5.41, 5.74) is 2.78. The summed E-state index contributed by atoms with van der Waals surface area (Å²) in [7, 11) is 0. The van der Waals surface area contributed by atoms with E-state index in [1.54, 1.807) is 0 Å². The van der Waals surface area contributed by atoms with Crippen LogP contribution >= 0.6 is 0 Å². The molecule has 2 aromatic rings. The zero-order valence-electron chi connectivity index (χ0n) is 11.8. The van der Waals surface area contributed by atoms with Gasteiger partial charge in [-0.05, 0) is 54.3 Å². The number of nitrogens with zero attached hydrogens (tertiary/aromatic N) is 1. The van der Waals surface area contributed by atoms with Crippen LogP contribution < -0.4 is 0 Å². The fourth-order valence-corrected chi connectivity index (χ4v) is 3.88. The van der Waals surface area contributed by atoms with Crippen LogP contribution in [-0.4, -0.2) is 35.2 Å². The van der Waals surface area contributed by atoms with Crippen LogP contribution in [0.3, 0.4) is 0 Å². The molecule has 1 fully saturated rings. The standard InChI is InChI=1S/C18H21NO/c20-18-12-16-10-14-6-2-1-5-13(14)9-15(16)11-17(18)19-7-3-4-8-19/h1-2,5-6,9-10,17-18,20H,3-4,7-8,11-12H2/t17-,18-/m1/s1. The first-order valence-electron chi connectivity index (χ1n) is 7.74. The summed E-state index contributed by atoms with van der Waals surface area (Å²) in [5, 5.41) is 13.1. The maximum absolute atomic E-state index is 10.5. The Kier molecular flexibility index (Phi) is 3.01. The fraction of sp³-hybridized carbons (Fsp3) is 0.444. The Bertz CT molecular complexity index is 630. The lowest BCUT2D eigenvalue weighted by molar-refractivity contribution is 0.0555. The van der Waals surface area contributed by atoms with Gasteiger partial charge in [0.05, 0.1) is 6.10 Å². The van der Waals surface area contributed by atoms with Crippen molar-refractivity contribution in [3.05, 3.63) is 47.5 Å². The molecule has 0 bridgehead atoms. The highest BCUT2D eigenvalue weighted by molar-refractivity contribution is 5.84. The van der Waals surface area contributed by atoms with Crippen LogP contribution in [0.25, 0.3) is 10.8 Å². The van der Waals surface area contributed by atoms with Gasteiger partial charge in [0.1, 0.15) is 0 Å². The number of aliphatic hydroxyl groups excluding tert-OH is 1. The van der Waals surface area contributed by atoms with Crippen LogP contribution in [-0.2, 0) is 12.8 Å². The van der Waals surface area contributed by atoms with E-state index in [4.69, 9.17) is 0 Å². The SMILES string of the molecule is O[C@@H]1Cc2cc3ccccc3cc2C[C@H]1N1CCCC1. The molecule has 1 aliphatic heterocycles. The molecular weight excluding hydrogens is 246 g/mol. The molecule has 1 saturated heterocycles. The van der Waals surface area contributed by atoms with Gasteiger partial charge in [-0.3, -0.25) is 4.90 Å². The third-order valence-electron chi connectivity index (χ3n) is 4.98. The lowest BCUT2D eigenvalue weighted by atomic mass is 9.84. The van der Waals surface area contributed by atoms with E-state index < -0.39 is 0 Å². The molecule has 1 aliphatic carbocycles. The monoisotopic (exact) mass is 267 g/mol. The van der Waals surface area contributed by atoms with Gasteiger partial charge in [-0.25, -0.2) is 0 Å². The van der Waals surface area contributed by atoms with Crippen LogP contribution in [0.1, 0.15) is 24.0 Å². The van der Waals surface area contributed by atoms with E-state index in [0.29, 0.717) is 6.04 Å². The van der Waals surface area contributed by atoms with E-state index in [0.717, 1.165) is 25.9 Å². The fourth-order valence-electron chi connectivity index (χ4n) is 3.88. The van der Waals surface area contributed by atoms with Crippen LogP contribution in [0.15, 0.2) is 36.4 Å². The summed E-state index contributed by atoms with van der Waals surface area (Å²) >= 11 is 0. The number of likely N-dealkylation sites (tertiary alicyclic amines) is 1. The molecule has 0 spiro atoms. The van der Waals surface area contributed by atoms with Gasteiger partial charge in [0.2, 0.25) is 0 Å². The van der Waals surface area contributed by atoms with E-state index in [-0.39, 0.29) is 6.10 Å². The van der Waals surface area contributed by atoms with Crippen LogP contribution in [0.5, 0.6) is 0 Å². The van der Waals surface area contributed by atoms with Gasteiger partial charge in [0.25, 0.3) is 0 Å². The topological polar surface area (TPSA) is 23.5 Å². The Labute approximate surface area is 120 Å². The van der Waals surface area contributed by atoms with Gasteiger partial charge in [-0.1, -0.05) is 36.4 Å². The largest absolute Gasteiger partial charge is 0.391 e. The molecule has 0 amide bonds. The normalized spacial score (nSPS) is 26.9. The van der Waals surface area contributed by atoms with E-state index >= 15 is 0 Å². The van der Waals surface area contributed by atoms with Gasteiger partial charge < -0.3 is 5.11 Å². The molecule has 0 radical (unpaired) electrons. The first kappa shape index (κ1) is 12.4. The van der Waals surface area contributed by atoms with Gasteiger partial charge in [0.15, 0.2) is 0 Å². The highest BCUT2D eigenvalue weighted by atomic mass is 16.3. The summed E-state index contributed by atoms with van der Waals surface area (Å²) in [6, 6.07) is 13.5. The molecular formula is C18H21NO. The summed E-state index contributed by atoms with van der Waals surface area (Å²) in [6.45, 7) is 2.31. The first-order chi connectivity index (χ1) is 9.81. The minimum Gasteiger partial charge on any atom is -0.391 e. The van der Waals surface area contributed by atoms with Crippen molar-refractivity contribution in [1.82, 2.24) is 4.90 Å². The van der Waals surface area contributed by atoms with Gasteiger partial charge >= 0.3 is 0 Å². The molecule has 0 saturated carbocycles. The van der Waals surface area contributed by atoms with Crippen molar-refractivity contribution in [1.29, 1.82) is 0 Å². The molecule has 2 nitrogen and oxygen atoms in total. The van der Waals surface area contributed by atoms with E-state index in [9.17, 15) is 5.11 Å². The van der Waals surface area contributed by atoms with E-state index in [1.807, 2.05) is 0 Å². The Morgan fingerprint density at radius 3 is 2.15 bits per heavy atom. The molecule has 1 N–H and O–H groups in total. The van der Waals surface area contributed by atoms with Gasteiger partial charge in [-0.2, -0.15) is 0 Å². The molecule has 0 aromatic heterocycles. The van der Waals surface area contributed by atoms with Crippen molar-refractivity contribution in [2.24, 2.45) is 0 Å². The molecule has 4 rings (SSSR count). The number of aliphatic hydroxyl groups is 1. The third kappa shape index (κ3) is 2.04. The number of hydrogen-bond acceptors (Lipinski definition) is 2. The summed E-state index contributed by atoms with van der Waals surface area (Å²) in [4.78, 5) is 2.49. The highest BCUT2D eigenvalue weighted by Crippen LogP contribution is 2.30. The van der Waals surface area contributed by atoms with E-state index in [2.05, 4.69) is 41.3 Å². The summed E-state index contributed by atoms with van der Waals surface area (Å²) in [5.74, 6) is 0. The van der Waals surface area contributed by atoms with Crippen molar-refractivity contribution in [2.45, 2.75) is 37.8 Å². The number of fused-ring (bicyclic) bond motifs is 2. The second-order valence-corrected chi connectivity index (χ2v) is 6.25. The minimum atomic E-state index is -0.207. The molecule has 20 heavy (non-hydrogen) atoms. The summed E-state index contributed by atoms with van der Waals surface area (Å²) < 4.78 is 0. The maximum atomic E-state index is 10.5. The maximum Gasteiger partial charge on any atom is 0.0738 e. The number of hydrogen-bond donors (Lipinski definition) is 1. The lowest BCUT2D eigenvalue weighted by Gasteiger charge is -2.36. The predicted octanol–water partition coefficient (Wildman–Crippen LogP) is 2.76. The van der Waals surface area contributed by atoms with Crippen molar-refractivity contribution in [3.63, 3.8) is 0 Å². The lowest BCUT2D eigenvalue weighted by Crippen LogP contribution is -2.47. The van der Waals surface area contributed by atoms with E-state index in [1.165, 1.54) is 34.7 Å². The predicted molar refractivity (Wildman–Crippen MR) is 82.0 cm³/mol. The molecule has 2 aliphatic rings. The van der Waals surface area contributed by atoms with Crippen molar-refractivity contribution < 1.29 is 5.11 Å². The van der Waals surface area contributed by atoms with Crippen molar-refractivity contribution in [3.8, 4) is 0 Å². The second kappa shape index (κ2) is 4.87. The van der Waals surface area contributed by atoms with Crippen LogP contribution in [0.4, 0.5) is 0 Å². The van der Waals surface area contributed by atoms with Crippen LogP contribution in [0, 0.1) is 0 Å². The molecule has 0 unspecified atom stereocenters. The zero-order valence-corrected chi connectivity index (χ0v) is 11.8. The highest BCUT2D eigenvalue weighted by Gasteiger charge is 2.32. The quantitative estimate of drug-likeness (QED) is 0.859. The first-order valence-corrected chi connectivity index (χ1v) is 7.74. The Balaban J connectivity index is 1.71. The van der Waals surface area contributed by atoms with Gasteiger partial charge in [-0.15, -0.1) is 0 Å². The number of benzene rings is 2. The third-order valence-corrected chi connectivity index (χ3v) is 4.98. The molecule has 1 heterocycles. The second-order valence-electron chi connectivity index (χ2n) is 6.25.